The Hall–Kier alpha value is -1.30. The molecule has 1 aliphatic carbocycles. The van der Waals surface area contributed by atoms with Crippen molar-refractivity contribution in [3.8, 4) is 0 Å². The Morgan fingerprint density at radius 3 is 2.93 bits per heavy atom. The van der Waals surface area contributed by atoms with Gasteiger partial charge in [-0.25, -0.2) is 0 Å². The zero-order chi connectivity index (χ0) is 9.97. The molecule has 0 radical (unpaired) electrons. The maximum absolute atomic E-state index is 2.30. The van der Waals surface area contributed by atoms with Crippen LogP contribution in [-0.2, 0) is 0 Å². The standard InChI is InChI=1S/C14H16/c1-11-5-3-7-13-8-4-6-12(2)14(13)10-9-11/h3-4,6-11H,5H2,1-2H3/b7-3?,10-9-. The fourth-order valence-electron chi connectivity index (χ4n) is 1.83. The van der Waals surface area contributed by atoms with Crippen LogP contribution in [0.5, 0.6) is 0 Å². The molecular weight excluding hydrogens is 168 g/mol. The summed E-state index contributed by atoms with van der Waals surface area (Å²) in [5, 5.41) is 0. The molecule has 1 aromatic rings. The molecule has 0 aromatic heterocycles. The van der Waals surface area contributed by atoms with Gasteiger partial charge in [0, 0.05) is 0 Å². The lowest BCUT2D eigenvalue weighted by molar-refractivity contribution is 0.749. The van der Waals surface area contributed by atoms with Gasteiger partial charge in [-0.1, -0.05) is 49.4 Å². The highest BCUT2D eigenvalue weighted by Gasteiger charge is 2.03. The van der Waals surface area contributed by atoms with Crippen molar-refractivity contribution in [3.05, 3.63) is 47.0 Å². The molecular formula is C14H16. The topological polar surface area (TPSA) is 0 Å². The van der Waals surface area contributed by atoms with Crippen LogP contribution in [0.2, 0.25) is 0 Å². The molecule has 1 atom stereocenters. The van der Waals surface area contributed by atoms with Crippen LogP contribution in [0, 0.1) is 12.8 Å². The molecule has 14 heavy (non-hydrogen) atoms. The van der Waals surface area contributed by atoms with Crippen LogP contribution < -0.4 is 0 Å². The van der Waals surface area contributed by atoms with Crippen LogP contribution in [0.4, 0.5) is 0 Å². The molecule has 0 nitrogen and oxygen atoms in total. The summed E-state index contributed by atoms with van der Waals surface area (Å²) in [5.41, 5.74) is 4.07. The van der Waals surface area contributed by atoms with Gasteiger partial charge in [-0.15, -0.1) is 0 Å². The molecule has 72 valence electrons. The molecule has 1 aromatic carbocycles. The second kappa shape index (κ2) is 3.83. The maximum atomic E-state index is 2.30. The lowest BCUT2D eigenvalue weighted by atomic mass is 9.95. The normalized spacial score (nSPS) is 22.3. The van der Waals surface area contributed by atoms with Crippen molar-refractivity contribution in [2.75, 3.05) is 0 Å². The third-order valence-electron chi connectivity index (χ3n) is 2.75. The molecule has 0 spiro atoms. The highest BCUT2D eigenvalue weighted by Crippen LogP contribution is 2.22. The molecule has 0 N–H and O–H groups in total. The number of aryl methyl sites for hydroxylation is 1. The summed E-state index contributed by atoms with van der Waals surface area (Å²) >= 11 is 0. The number of allylic oxidation sites excluding steroid dienone is 2. The van der Waals surface area contributed by atoms with E-state index in [1.807, 2.05) is 0 Å². The summed E-state index contributed by atoms with van der Waals surface area (Å²) < 4.78 is 0. The summed E-state index contributed by atoms with van der Waals surface area (Å²) in [7, 11) is 0. The number of rotatable bonds is 0. The second-order valence-corrected chi connectivity index (χ2v) is 4.05. The van der Waals surface area contributed by atoms with E-state index in [0.717, 1.165) is 6.42 Å². The fraction of sp³-hybridized carbons (Fsp3) is 0.286. The monoisotopic (exact) mass is 184 g/mol. The first-order valence-electron chi connectivity index (χ1n) is 5.22. The van der Waals surface area contributed by atoms with Gasteiger partial charge in [0.15, 0.2) is 0 Å². The van der Waals surface area contributed by atoms with Gasteiger partial charge in [0.25, 0.3) is 0 Å². The van der Waals surface area contributed by atoms with Crippen molar-refractivity contribution in [2.24, 2.45) is 5.92 Å². The van der Waals surface area contributed by atoms with Crippen LogP contribution in [0.3, 0.4) is 0 Å². The number of fused-ring (bicyclic) bond motifs is 1. The average molecular weight is 184 g/mol. The predicted octanol–water partition coefficient (Wildman–Crippen LogP) is 4.06. The molecule has 0 amide bonds. The first-order valence-corrected chi connectivity index (χ1v) is 5.22. The van der Waals surface area contributed by atoms with Crippen molar-refractivity contribution >= 4 is 12.2 Å². The highest BCUT2D eigenvalue weighted by molar-refractivity contribution is 5.68. The fourth-order valence-corrected chi connectivity index (χ4v) is 1.83. The lowest BCUT2D eigenvalue weighted by Crippen LogP contribution is -1.92. The first kappa shape index (κ1) is 9.26. The van der Waals surface area contributed by atoms with E-state index in [9.17, 15) is 0 Å². The first-order chi connectivity index (χ1) is 6.77. The van der Waals surface area contributed by atoms with E-state index in [-0.39, 0.29) is 0 Å². The largest absolute Gasteiger partial charge is 0.0833 e. The van der Waals surface area contributed by atoms with Crippen LogP contribution >= 0.6 is 0 Å². The Morgan fingerprint density at radius 2 is 2.07 bits per heavy atom. The SMILES string of the molecule is Cc1cccc2c1/C=C\C(C)CC=C2. The Bertz CT molecular complexity index is 383. The van der Waals surface area contributed by atoms with Gasteiger partial charge in [0.1, 0.15) is 0 Å². The van der Waals surface area contributed by atoms with E-state index in [0.29, 0.717) is 5.92 Å². The van der Waals surface area contributed by atoms with Crippen molar-refractivity contribution in [2.45, 2.75) is 20.3 Å². The molecule has 0 heterocycles. The molecule has 0 fully saturated rings. The van der Waals surface area contributed by atoms with Gasteiger partial charge in [-0.3, -0.25) is 0 Å². The van der Waals surface area contributed by atoms with Crippen LogP contribution in [-0.4, -0.2) is 0 Å². The Labute approximate surface area is 86.0 Å². The van der Waals surface area contributed by atoms with Gasteiger partial charge < -0.3 is 0 Å². The average Bonchev–Trinajstić information content (AvgIpc) is 2.13. The minimum atomic E-state index is 0.652. The smallest absolute Gasteiger partial charge is 0.0158 e. The molecule has 2 rings (SSSR count). The van der Waals surface area contributed by atoms with Gasteiger partial charge in [0.05, 0.1) is 0 Å². The van der Waals surface area contributed by atoms with E-state index in [2.05, 4.69) is 56.4 Å². The zero-order valence-corrected chi connectivity index (χ0v) is 8.83. The van der Waals surface area contributed by atoms with Gasteiger partial charge in [-0.2, -0.15) is 0 Å². The molecule has 0 heteroatoms. The highest BCUT2D eigenvalue weighted by atomic mass is 14.1. The van der Waals surface area contributed by atoms with Crippen LogP contribution in [0.1, 0.15) is 30.0 Å². The Balaban J connectivity index is 2.52. The van der Waals surface area contributed by atoms with Crippen molar-refractivity contribution < 1.29 is 0 Å². The summed E-state index contributed by atoms with van der Waals surface area (Å²) in [6.45, 7) is 4.42. The Kier molecular flexibility index (Phi) is 2.53. The molecule has 0 saturated heterocycles. The number of hydrogen-bond acceptors (Lipinski definition) is 0. The van der Waals surface area contributed by atoms with Gasteiger partial charge >= 0.3 is 0 Å². The van der Waals surface area contributed by atoms with E-state index < -0.39 is 0 Å². The van der Waals surface area contributed by atoms with E-state index in [4.69, 9.17) is 0 Å². The van der Waals surface area contributed by atoms with E-state index >= 15 is 0 Å². The quantitative estimate of drug-likeness (QED) is 0.570. The zero-order valence-electron chi connectivity index (χ0n) is 8.83. The Morgan fingerprint density at radius 1 is 1.21 bits per heavy atom. The molecule has 0 saturated carbocycles. The van der Waals surface area contributed by atoms with Crippen molar-refractivity contribution in [1.29, 1.82) is 0 Å². The summed E-state index contributed by atoms with van der Waals surface area (Å²) in [6, 6.07) is 6.47. The minimum Gasteiger partial charge on any atom is -0.0833 e. The maximum Gasteiger partial charge on any atom is -0.0158 e. The third kappa shape index (κ3) is 1.79. The van der Waals surface area contributed by atoms with Crippen molar-refractivity contribution in [1.82, 2.24) is 0 Å². The molecule has 1 aliphatic rings. The predicted molar refractivity (Wildman–Crippen MR) is 63.0 cm³/mol. The molecule has 0 bridgehead atoms. The van der Waals surface area contributed by atoms with Crippen LogP contribution in [0.15, 0.2) is 30.4 Å². The summed E-state index contributed by atoms with van der Waals surface area (Å²) in [6.07, 6.45) is 10.2. The number of benzene rings is 1. The van der Waals surface area contributed by atoms with Crippen LogP contribution in [0.25, 0.3) is 12.2 Å². The minimum absolute atomic E-state index is 0.652. The summed E-state index contributed by atoms with van der Waals surface area (Å²) in [5.74, 6) is 0.652. The van der Waals surface area contributed by atoms with Gasteiger partial charge in [-0.05, 0) is 36.0 Å². The summed E-state index contributed by atoms with van der Waals surface area (Å²) in [4.78, 5) is 0. The third-order valence-corrected chi connectivity index (χ3v) is 2.75. The van der Waals surface area contributed by atoms with Crippen molar-refractivity contribution in [3.63, 3.8) is 0 Å². The molecule has 1 unspecified atom stereocenters. The van der Waals surface area contributed by atoms with E-state index in [1.54, 1.807) is 0 Å². The lowest BCUT2D eigenvalue weighted by Gasteiger charge is -2.10. The van der Waals surface area contributed by atoms with Gasteiger partial charge in [0.2, 0.25) is 0 Å². The van der Waals surface area contributed by atoms with E-state index in [1.165, 1.54) is 16.7 Å². The molecule has 0 aliphatic heterocycles. The number of hydrogen-bond donors (Lipinski definition) is 0. The second-order valence-electron chi connectivity index (χ2n) is 4.05.